The molecule has 6 heteroatoms. The first-order chi connectivity index (χ1) is 13.1. The Balaban J connectivity index is 1.53. The Morgan fingerprint density at radius 2 is 1.81 bits per heavy atom. The average Bonchev–Trinajstić information content (AvgIpc) is 3.12. The van der Waals surface area contributed by atoms with Gasteiger partial charge in [0.1, 0.15) is 0 Å². The molecule has 2 amide bonds. The number of carbonyl (C=O) groups excluding carboxylic acids is 2. The zero-order chi connectivity index (χ0) is 18.8. The van der Waals surface area contributed by atoms with Crippen molar-refractivity contribution in [3.05, 3.63) is 65.2 Å². The number of carbonyl (C=O) groups is 2. The summed E-state index contributed by atoms with van der Waals surface area (Å²) in [6, 6.07) is 15.8. The number of anilines is 1. The van der Waals surface area contributed by atoms with Crippen molar-refractivity contribution >= 4 is 17.5 Å². The van der Waals surface area contributed by atoms with Gasteiger partial charge in [0, 0.05) is 37.3 Å². The minimum Gasteiger partial charge on any atom is -0.377 e. The monoisotopic (exact) mass is 365 g/mol. The van der Waals surface area contributed by atoms with Crippen LogP contribution < -0.4 is 10.6 Å². The number of primary amides is 1. The molecule has 0 unspecified atom stereocenters. The highest BCUT2D eigenvalue weighted by Gasteiger charge is 2.29. The summed E-state index contributed by atoms with van der Waals surface area (Å²) in [6.45, 7) is 2.97. The van der Waals surface area contributed by atoms with Gasteiger partial charge in [-0.15, -0.1) is 0 Å². The fraction of sp³-hybridized carbons (Fsp3) is 0.333. The molecule has 27 heavy (non-hydrogen) atoms. The summed E-state index contributed by atoms with van der Waals surface area (Å²) in [4.78, 5) is 28.4. The predicted molar refractivity (Wildman–Crippen MR) is 102 cm³/mol. The van der Waals surface area contributed by atoms with E-state index in [1.54, 1.807) is 4.90 Å². The van der Waals surface area contributed by atoms with Gasteiger partial charge in [-0.1, -0.05) is 30.3 Å². The van der Waals surface area contributed by atoms with Gasteiger partial charge in [-0.3, -0.25) is 9.59 Å². The normalized spacial score (nSPS) is 19.0. The van der Waals surface area contributed by atoms with Gasteiger partial charge in [-0.2, -0.15) is 0 Å². The van der Waals surface area contributed by atoms with Gasteiger partial charge in [0.2, 0.25) is 5.91 Å². The van der Waals surface area contributed by atoms with Gasteiger partial charge in [0.05, 0.1) is 19.3 Å². The number of nitrogens with zero attached hydrogens (tertiary/aromatic N) is 2. The molecule has 1 atom stereocenters. The van der Waals surface area contributed by atoms with Crippen LogP contribution in [-0.4, -0.2) is 42.5 Å². The summed E-state index contributed by atoms with van der Waals surface area (Å²) < 4.78 is 5.43. The largest absolute Gasteiger partial charge is 0.377 e. The van der Waals surface area contributed by atoms with E-state index in [1.165, 1.54) is 11.1 Å². The lowest BCUT2D eigenvalue weighted by Gasteiger charge is -2.35. The molecule has 2 N–H and O–H groups in total. The Bertz CT molecular complexity index is 842. The molecule has 1 saturated heterocycles. The second kappa shape index (κ2) is 7.40. The lowest BCUT2D eigenvalue weighted by molar-refractivity contribution is -0.120. The summed E-state index contributed by atoms with van der Waals surface area (Å²) in [6.07, 6.45) is 0.118. The fourth-order valence-electron chi connectivity index (χ4n) is 3.84. The van der Waals surface area contributed by atoms with Crippen LogP contribution in [0.1, 0.15) is 27.9 Å². The highest BCUT2D eigenvalue weighted by molar-refractivity contribution is 5.95. The van der Waals surface area contributed by atoms with Crippen molar-refractivity contribution in [1.29, 1.82) is 0 Å². The maximum atomic E-state index is 13.1. The molecule has 0 saturated carbocycles. The molecule has 0 bridgehead atoms. The molecule has 140 valence electrons. The molecule has 2 aliphatic rings. The van der Waals surface area contributed by atoms with Crippen LogP contribution in [0, 0.1) is 0 Å². The van der Waals surface area contributed by atoms with Crippen molar-refractivity contribution in [2.45, 2.75) is 25.6 Å². The minimum absolute atomic E-state index is 0.0805. The van der Waals surface area contributed by atoms with Crippen molar-refractivity contribution < 1.29 is 14.3 Å². The number of rotatable bonds is 4. The molecular weight excluding hydrogens is 342 g/mol. The summed E-state index contributed by atoms with van der Waals surface area (Å²) in [7, 11) is 0. The molecule has 6 nitrogen and oxygen atoms in total. The second-order valence-electron chi connectivity index (χ2n) is 7.07. The Morgan fingerprint density at radius 1 is 1.07 bits per heavy atom. The van der Waals surface area contributed by atoms with Crippen LogP contribution in [0.4, 0.5) is 5.69 Å². The van der Waals surface area contributed by atoms with E-state index in [0.29, 0.717) is 25.3 Å². The van der Waals surface area contributed by atoms with Gasteiger partial charge in [-0.05, 0) is 29.3 Å². The minimum atomic E-state index is -0.424. The predicted octanol–water partition coefficient (Wildman–Crippen LogP) is 1.92. The average molecular weight is 365 g/mol. The maximum absolute atomic E-state index is 13.1. The topological polar surface area (TPSA) is 75.9 Å². The zero-order valence-corrected chi connectivity index (χ0v) is 15.1. The summed E-state index contributed by atoms with van der Waals surface area (Å²) in [5.74, 6) is -0.505. The summed E-state index contributed by atoms with van der Waals surface area (Å²) >= 11 is 0. The number of nitrogens with two attached hydrogens (primary N) is 1. The van der Waals surface area contributed by atoms with Crippen molar-refractivity contribution in [2.24, 2.45) is 5.73 Å². The van der Waals surface area contributed by atoms with Gasteiger partial charge < -0.3 is 20.3 Å². The zero-order valence-electron chi connectivity index (χ0n) is 15.1. The van der Waals surface area contributed by atoms with Crippen molar-refractivity contribution in [1.82, 2.24) is 4.90 Å². The Morgan fingerprint density at radius 3 is 2.52 bits per heavy atom. The van der Waals surface area contributed by atoms with E-state index >= 15 is 0 Å². The van der Waals surface area contributed by atoms with Crippen LogP contribution >= 0.6 is 0 Å². The molecule has 2 heterocycles. The molecule has 1 fully saturated rings. The van der Waals surface area contributed by atoms with Crippen LogP contribution in [0.3, 0.4) is 0 Å². The highest BCUT2D eigenvalue weighted by atomic mass is 16.5. The third-order valence-electron chi connectivity index (χ3n) is 5.22. The number of benzene rings is 2. The molecule has 0 aromatic heterocycles. The van der Waals surface area contributed by atoms with E-state index in [9.17, 15) is 9.59 Å². The molecule has 2 aliphatic heterocycles. The molecule has 2 aromatic rings. The fourth-order valence-corrected chi connectivity index (χ4v) is 3.84. The summed E-state index contributed by atoms with van der Waals surface area (Å²) in [5.41, 5.74) is 9.63. The highest BCUT2D eigenvalue weighted by Crippen LogP contribution is 2.29. The first-order valence-corrected chi connectivity index (χ1v) is 9.20. The first kappa shape index (κ1) is 17.5. The van der Waals surface area contributed by atoms with E-state index in [1.807, 2.05) is 24.3 Å². The third-order valence-corrected chi connectivity index (χ3v) is 5.22. The van der Waals surface area contributed by atoms with Gasteiger partial charge in [0.15, 0.2) is 0 Å². The molecule has 0 radical (unpaired) electrons. The first-order valence-electron chi connectivity index (χ1n) is 9.20. The van der Waals surface area contributed by atoms with Crippen molar-refractivity contribution in [3.63, 3.8) is 0 Å². The number of morpholine rings is 1. The lowest BCUT2D eigenvalue weighted by Crippen LogP contribution is -2.50. The standard InChI is InChI=1S/C21H23N3O3/c22-20(25)11-19-14-27-9-8-24(19)21(26)15-6-3-7-18(10-15)23-12-16-4-1-2-5-17(16)13-23/h1-7,10,19H,8-9,11-14H2,(H2,22,25)/t19-/m0/s1. The van der Waals surface area contributed by atoms with E-state index in [0.717, 1.165) is 18.8 Å². The van der Waals surface area contributed by atoms with Crippen LogP contribution in [0.15, 0.2) is 48.5 Å². The Kier molecular flexibility index (Phi) is 4.81. The quantitative estimate of drug-likeness (QED) is 0.898. The number of hydrogen-bond donors (Lipinski definition) is 1. The Labute approximate surface area is 158 Å². The number of amides is 2. The number of fused-ring (bicyclic) bond motifs is 1. The smallest absolute Gasteiger partial charge is 0.254 e. The van der Waals surface area contributed by atoms with Crippen LogP contribution in [-0.2, 0) is 22.6 Å². The molecule has 0 spiro atoms. The number of ether oxygens (including phenoxy) is 1. The maximum Gasteiger partial charge on any atom is 0.254 e. The van der Waals surface area contributed by atoms with Gasteiger partial charge in [-0.25, -0.2) is 0 Å². The van der Waals surface area contributed by atoms with Crippen LogP contribution in [0.25, 0.3) is 0 Å². The van der Waals surface area contributed by atoms with Gasteiger partial charge in [0.25, 0.3) is 5.91 Å². The van der Waals surface area contributed by atoms with E-state index in [2.05, 4.69) is 29.2 Å². The van der Waals surface area contributed by atoms with Gasteiger partial charge >= 0.3 is 0 Å². The van der Waals surface area contributed by atoms with Crippen LogP contribution in [0.5, 0.6) is 0 Å². The van der Waals surface area contributed by atoms with Crippen LogP contribution in [0.2, 0.25) is 0 Å². The van der Waals surface area contributed by atoms with Crippen molar-refractivity contribution in [3.8, 4) is 0 Å². The SMILES string of the molecule is NC(=O)C[C@H]1COCCN1C(=O)c1cccc(N2Cc3ccccc3C2)c1. The molecular formula is C21H23N3O3. The summed E-state index contributed by atoms with van der Waals surface area (Å²) in [5, 5.41) is 0. The van der Waals surface area contributed by atoms with E-state index in [4.69, 9.17) is 10.5 Å². The van der Waals surface area contributed by atoms with E-state index in [-0.39, 0.29) is 18.4 Å². The second-order valence-corrected chi connectivity index (χ2v) is 7.07. The Hall–Kier alpha value is -2.86. The van der Waals surface area contributed by atoms with E-state index < -0.39 is 5.91 Å². The number of hydrogen-bond acceptors (Lipinski definition) is 4. The lowest BCUT2D eigenvalue weighted by atomic mass is 10.1. The van der Waals surface area contributed by atoms with Crippen molar-refractivity contribution in [2.75, 3.05) is 24.7 Å². The molecule has 2 aromatic carbocycles. The molecule has 4 rings (SSSR count). The molecule has 0 aliphatic carbocycles. The third kappa shape index (κ3) is 3.66.